The Kier molecular flexibility index (Phi) is 4.46. The summed E-state index contributed by atoms with van der Waals surface area (Å²) in [5.41, 5.74) is 3.09. The van der Waals surface area contributed by atoms with Gasteiger partial charge in [-0.25, -0.2) is 0 Å². The molecule has 1 aliphatic rings. The van der Waals surface area contributed by atoms with Gasteiger partial charge in [0.15, 0.2) is 0 Å². The summed E-state index contributed by atoms with van der Waals surface area (Å²) >= 11 is 0. The molecule has 0 saturated carbocycles. The first kappa shape index (κ1) is 13.9. The third-order valence-electron chi connectivity index (χ3n) is 3.75. The van der Waals surface area contributed by atoms with E-state index in [2.05, 4.69) is 26.1 Å². The highest BCUT2D eigenvalue weighted by atomic mass is 16.2. The number of anilines is 1. The van der Waals surface area contributed by atoms with Crippen LogP contribution in [0.15, 0.2) is 18.2 Å². The maximum atomic E-state index is 12.4. The Morgan fingerprint density at radius 1 is 1.47 bits per heavy atom. The Labute approximate surface area is 116 Å². The zero-order valence-electron chi connectivity index (χ0n) is 12.2. The average molecular weight is 260 g/mol. The Morgan fingerprint density at radius 3 is 2.84 bits per heavy atom. The molecule has 1 unspecified atom stereocenters. The average Bonchev–Trinajstić information content (AvgIpc) is 2.83. The van der Waals surface area contributed by atoms with Crippen LogP contribution in [0.4, 0.5) is 5.69 Å². The van der Waals surface area contributed by atoms with Gasteiger partial charge in [0.1, 0.15) is 0 Å². The van der Waals surface area contributed by atoms with E-state index in [0.29, 0.717) is 5.92 Å². The van der Waals surface area contributed by atoms with Gasteiger partial charge in [0, 0.05) is 30.9 Å². The van der Waals surface area contributed by atoms with E-state index in [1.807, 2.05) is 23.1 Å². The molecule has 0 bridgehead atoms. The molecule has 3 heteroatoms. The van der Waals surface area contributed by atoms with Crippen molar-refractivity contribution in [3.8, 4) is 0 Å². The number of likely N-dealkylation sites (tertiary alicyclic amines) is 1. The van der Waals surface area contributed by atoms with Crippen LogP contribution in [0.3, 0.4) is 0 Å². The molecule has 1 aliphatic heterocycles. The maximum Gasteiger partial charge on any atom is 0.253 e. The molecule has 2 rings (SSSR count). The highest BCUT2D eigenvalue weighted by Gasteiger charge is 2.24. The summed E-state index contributed by atoms with van der Waals surface area (Å²) < 4.78 is 0. The number of rotatable bonds is 4. The fourth-order valence-electron chi connectivity index (χ4n) is 2.56. The van der Waals surface area contributed by atoms with Gasteiger partial charge in [-0.2, -0.15) is 0 Å². The van der Waals surface area contributed by atoms with E-state index in [-0.39, 0.29) is 5.91 Å². The van der Waals surface area contributed by atoms with Crippen molar-refractivity contribution in [1.29, 1.82) is 0 Å². The molecule has 1 amide bonds. The number of hydrogen-bond acceptors (Lipinski definition) is 2. The van der Waals surface area contributed by atoms with Gasteiger partial charge in [-0.15, -0.1) is 0 Å². The lowest BCUT2D eigenvalue weighted by atomic mass is 10.1. The fourth-order valence-corrected chi connectivity index (χ4v) is 2.56. The number of hydrogen-bond donors (Lipinski definition) is 1. The van der Waals surface area contributed by atoms with E-state index in [9.17, 15) is 4.79 Å². The van der Waals surface area contributed by atoms with Crippen LogP contribution in [0.25, 0.3) is 0 Å². The minimum Gasteiger partial charge on any atom is -0.385 e. The monoisotopic (exact) mass is 260 g/mol. The van der Waals surface area contributed by atoms with Gasteiger partial charge in [0.2, 0.25) is 0 Å². The molecule has 1 aromatic rings. The maximum absolute atomic E-state index is 12.4. The SMILES string of the molecule is CCCNc1ccc(C(=O)N2CCC(C)C2)cc1C. The highest BCUT2D eigenvalue weighted by Crippen LogP contribution is 2.21. The topological polar surface area (TPSA) is 32.3 Å². The first-order chi connectivity index (χ1) is 9.11. The summed E-state index contributed by atoms with van der Waals surface area (Å²) in [5, 5.41) is 3.38. The second-order valence-electron chi connectivity index (χ2n) is 5.60. The quantitative estimate of drug-likeness (QED) is 0.901. The summed E-state index contributed by atoms with van der Waals surface area (Å²) in [6.07, 6.45) is 2.23. The molecular weight excluding hydrogens is 236 g/mol. The second kappa shape index (κ2) is 6.09. The van der Waals surface area contributed by atoms with E-state index < -0.39 is 0 Å². The number of amides is 1. The predicted octanol–water partition coefficient (Wildman–Crippen LogP) is 3.30. The zero-order chi connectivity index (χ0) is 13.8. The minimum absolute atomic E-state index is 0.175. The van der Waals surface area contributed by atoms with Crippen LogP contribution >= 0.6 is 0 Å². The lowest BCUT2D eigenvalue weighted by Crippen LogP contribution is -2.28. The number of nitrogens with one attached hydrogen (secondary N) is 1. The van der Waals surface area contributed by atoms with E-state index in [1.165, 1.54) is 0 Å². The normalized spacial score (nSPS) is 18.7. The summed E-state index contributed by atoms with van der Waals surface area (Å²) in [6.45, 7) is 9.17. The second-order valence-corrected chi connectivity index (χ2v) is 5.60. The molecule has 0 spiro atoms. The standard InChI is InChI=1S/C16H24N2O/c1-4-8-17-15-6-5-14(10-13(15)3)16(19)18-9-7-12(2)11-18/h5-6,10,12,17H,4,7-9,11H2,1-3H3. The largest absolute Gasteiger partial charge is 0.385 e. The van der Waals surface area contributed by atoms with Gasteiger partial charge in [-0.3, -0.25) is 4.79 Å². The number of nitrogens with zero attached hydrogens (tertiary/aromatic N) is 1. The molecule has 1 saturated heterocycles. The molecule has 3 nitrogen and oxygen atoms in total. The number of carbonyl (C=O) groups is 1. The fraction of sp³-hybridized carbons (Fsp3) is 0.562. The molecule has 1 aromatic carbocycles. The molecule has 1 fully saturated rings. The number of benzene rings is 1. The van der Waals surface area contributed by atoms with Crippen LogP contribution in [0.1, 0.15) is 42.6 Å². The zero-order valence-corrected chi connectivity index (χ0v) is 12.2. The first-order valence-corrected chi connectivity index (χ1v) is 7.25. The Hall–Kier alpha value is -1.51. The van der Waals surface area contributed by atoms with Crippen molar-refractivity contribution >= 4 is 11.6 Å². The molecule has 1 N–H and O–H groups in total. The summed E-state index contributed by atoms with van der Waals surface area (Å²) in [6, 6.07) is 5.97. The van der Waals surface area contributed by atoms with Crippen molar-refractivity contribution in [3.05, 3.63) is 29.3 Å². The number of carbonyl (C=O) groups excluding carboxylic acids is 1. The van der Waals surface area contributed by atoms with Crippen molar-refractivity contribution in [2.45, 2.75) is 33.6 Å². The third kappa shape index (κ3) is 3.28. The smallest absolute Gasteiger partial charge is 0.253 e. The summed E-state index contributed by atoms with van der Waals surface area (Å²) in [7, 11) is 0. The molecule has 104 valence electrons. The van der Waals surface area contributed by atoms with Crippen LogP contribution in [0.5, 0.6) is 0 Å². The summed E-state index contributed by atoms with van der Waals surface area (Å²) in [5.74, 6) is 0.810. The van der Waals surface area contributed by atoms with E-state index in [4.69, 9.17) is 0 Å². The van der Waals surface area contributed by atoms with Gasteiger partial charge in [-0.05, 0) is 49.4 Å². The molecule has 1 heterocycles. The highest BCUT2D eigenvalue weighted by molar-refractivity contribution is 5.95. The van der Waals surface area contributed by atoms with Crippen molar-refractivity contribution in [2.24, 2.45) is 5.92 Å². The van der Waals surface area contributed by atoms with Crippen LogP contribution in [-0.4, -0.2) is 30.4 Å². The van der Waals surface area contributed by atoms with Crippen LogP contribution < -0.4 is 5.32 Å². The van der Waals surface area contributed by atoms with Crippen molar-refractivity contribution in [1.82, 2.24) is 4.90 Å². The van der Waals surface area contributed by atoms with Crippen molar-refractivity contribution in [2.75, 3.05) is 25.0 Å². The summed E-state index contributed by atoms with van der Waals surface area (Å²) in [4.78, 5) is 14.3. The Bertz CT molecular complexity index is 456. The molecule has 1 atom stereocenters. The molecule has 19 heavy (non-hydrogen) atoms. The van der Waals surface area contributed by atoms with Crippen LogP contribution in [0, 0.1) is 12.8 Å². The third-order valence-corrected chi connectivity index (χ3v) is 3.75. The lowest BCUT2D eigenvalue weighted by Gasteiger charge is -2.17. The molecular formula is C16H24N2O. The predicted molar refractivity (Wildman–Crippen MR) is 79.6 cm³/mol. The van der Waals surface area contributed by atoms with Crippen molar-refractivity contribution in [3.63, 3.8) is 0 Å². The van der Waals surface area contributed by atoms with Gasteiger partial charge in [-0.1, -0.05) is 13.8 Å². The van der Waals surface area contributed by atoms with Crippen molar-refractivity contribution < 1.29 is 4.79 Å². The van der Waals surface area contributed by atoms with E-state index in [0.717, 1.165) is 49.3 Å². The van der Waals surface area contributed by atoms with E-state index >= 15 is 0 Å². The molecule has 0 aromatic heterocycles. The van der Waals surface area contributed by atoms with Gasteiger partial charge < -0.3 is 10.2 Å². The van der Waals surface area contributed by atoms with E-state index in [1.54, 1.807) is 0 Å². The van der Waals surface area contributed by atoms with Gasteiger partial charge in [0.05, 0.1) is 0 Å². The lowest BCUT2D eigenvalue weighted by molar-refractivity contribution is 0.0788. The van der Waals surface area contributed by atoms with Gasteiger partial charge >= 0.3 is 0 Å². The van der Waals surface area contributed by atoms with Crippen LogP contribution in [-0.2, 0) is 0 Å². The molecule has 0 radical (unpaired) electrons. The minimum atomic E-state index is 0.175. The Balaban J connectivity index is 2.08. The first-order valence-electron chi connectivity index (χ1n) is 7.25. The number of aryl methyl sites for hydroxylation is 1. The van der Waals surface area contributed by atoms with Crippen LogP contribution in [0.2, 0.25) is 0 Å². The Morgan fingerprint density at radius 2 is 2.26 bits per heavy atom. The molecule has 0 aliphatic carbocycles. The van der Waals surface area contributed by atoms with Gasteiger partial charge in [0.25, 0.3) is 5.91 Å².